The highest BCUT2D eigenvalue weighted by atomic mass is 16.4. The number of aryl methyl sites for hydroxylation is 1. The van der Waals surface area contributed by atoms with E-state index in [0.717, 1.165) is 23.2 Å². The molecule has 31 heavy (non-hydrogen) atoms. The quantitative estimate of drug-likeness (QED) is 0.627. The van der Waals surface area contributed by atoms with Crippen LogP contribution in [0.4, 0.5) is 5.69 Å². The van der Waals surface area contributed by atoms with Crippen LogP contribution < -0.4 is 10.3 Å². The van der Waals surface area contributed by atoms with Gasteiger partial charge in [-0.2, -0.15) is 5.10 Å². The zero-order valence-corrected chi connectivity index (χ0v) is 17.4. The van der Waals surface area contributed by atoms with Gasteiger partial charge in [-0.15, -0.1) is 0 Å². The van der Waals surface area contributed by atoms with Gasteiger partial charge in [-0.25, -0.2) is 5.43 Å². The smallest absolute Gasteiger partial charge is 0.294 e. The average molecular weight is 417 g/mol. The van der Waals surface area contributed by atoms with Gasteiger partial charge in [0.05, 0.1) is 5.71 Å². The second-order valence-electron chi connectivity index (χ2n) is 7.45. The molecule has 0 saturated heterocycles. The number of benzene rings is 2. The van der Waals surface area contributed by atoms with E-state index in [-0.39, 0.29) is 23.3 Å². The molecule has 0 atom stereocenters. The van der Waals surface area contributed by atoms with Gasteiger partial charge in [-0.3, -0.25) is 9.59 Å². The Hall–Kier alpha value is -3.87. The minimum Gasteiger partial charge on any atom is -0.508 e. The number of amides is 2. The van der Waals surface area contributed by atoms with Crippen molar-refractivity contribution in [2.75, 3.05) is 11.9 Å². The molecule has 3 aromatic rings. The number of aromatic hydroxyl groups is 1. The van der Waals surface area contributed by atoms with E-state index in [9.17, 15) is 14.7 Å². The Bertz CT molecular complexity index is 1150. The molecule has 2 aromatic carbocycles. The number of rotatable bonds is 4. The van der Waals surface area contributed by atoms with Crippen molar-refractivity contribution >= 4 is 23.2 Å². The summed E-state index contributed by atoms with van der Waals surface area (Å²) in [6.07, 6.45) is 2.20. The number of hydrogen-bond donors (Lipinski definition) is 2. The van der Waals surface area contributed by atoms with Crippen LogP contribution in [-0.2, 0) is 6.42 Å². The van der Waals surface area contributed by atoms with Crippen molar-refractivity contribution in [1.82, 2.24) is 5.43 Å². The number of phenols is 1. The number of fused-ring (bicyclic) bond motifs is 1. The van der Waals surface area contributed by atoms with Gasteiger partial charge in [0.2, 0.25) is 0 Å². The summed E-state index contributed by atoms with van der Waals surface area (Å²) in [5, 5.41) is 13.7. The third kappa shape index (κ3) is 4.07. The van der Waals surface area contributed by atoms with Gasteiger partial charge in [0.25, 0.3) is 11.8 Å². The van der Waals surface area contributed by atoms with Crippen LogP contribution in [0.5, 0.6) is 5.75 Å². The zero-order chi connectivity index (χ0) is 22.0. The Morgan fingerprint density at radius 1 is 1.06 bits per heavy atom. The second-order valence-corrected chi connectivity index (χ2v) is 7.45. The molecule has 0 radical (unpaired) electrons. The number of anilines is 1. The molecule has 0 aliphatic heterocycles. The third-order valence-electron chi connectivity index (χ3n) is 5.39. The molecule has 0 saturated carbocycles. The number of carbonyl (C=O) groups excluding carboxylic acids is 2. The first-order valence-corrected chi connectivity index (χ1v) is 10.1. The minimum absolute atomic E-state index is 0.0893. The molecule has 0 bridgehead atoms. The summed E-state index contributed by atoms with van der Waals surface area (Å²) in [5.41, 5.74) is 5.95. The highest BCUT2D eigenvalue weighted by Crippen LogP contribution is 2.31. The Balaban J connectivity index is 1.59. The molecule has 2 amide bonds. The van der Waals surface area contributed by atoms with Crippen LogP contribution in [0.3, 0.4) is 0 Å². The number of furan rings is 1. The molecular weight excluding hydrogens is 394 g/mol. The molecule has 0 fully saturated rings. The van der Waals surface area contributed by atoms with Crippen molar-refractivity contribution in [3.63, 3.8) is 0 Å². The van der Waals surface area contributed by atoms with Crippen molar-refractivity contribution in [2.45, 2.75) is 26.2 Å². The van der Waals surface area contributed by atoms with E-state index >= 15 is 0 Å². The maximum Gasteiger partial charge on any atom is 0.294 e. The molecule has 4 rings (SSSR count). The van der Waals surface area contributed by atoms with E-state index in [1.54, 1.807) is 11.9 Å². The Morgan fingerprint density at radius 3 is 2.48 bits per heavy atom. The number of nitrogens with one attached hydrogen (secondary N) is 1. The van der Waals surface area contributed by atoms with Gasteiger partial charge >= 0.3 is 0 Å². The number of hydrogen-bond acceptors (Lipinski definition) is 5. The van der Waals surface area contributed by atoms with Gasteiger partial charge in [-0.05, 0) is 56.2 Å². The van der Waals surface area contributed by atoms with Crippen LogP contribution in [0.15, 0.2) is 64.1 Å². The van der Waals surface area contributed by atoms with Crippen molar-refractivity contribution in [2.24, 2.45) is 5.10 Å². The van der Waals surface area contributed by atoms with Crippen molar-refractivity contribution in [3.8, 4) is 5.75 Å². The number of phenolic OH excluding ortho intramolecular Hbond substituents is 1. The molecule has 7 heteroatoms. The minimum atomic E-state index is -0.374. The number of carbonyl (C=O) groups is 2. The fourth-order valence-corrected chi connectivity index (χ4v) is 3.70. The number of hydrazone groups is 1. The van der Waals surface area contributed by atoms with E-state index in [1.165, 1.54) is 24.3 Å². The van der Waals surface area contributed by atoms with Crippen LogP contribution in [0.25, 0.3) is 0 Å². The molecule has 1 aromatic heterocycles. The van der Waals surface area contributed by atoms with E-state index in [0.29, 0.717) is 29.9 Å². The second kappa shape index (κ2) is 8.47. The Morgan fingerprint density at radius 2 is 1.77 bits per heavy atom. The molecule has 2 N–H and O–H groups in total. The largest absolute Gasteiger partial charge is 0.508 e. The summed E-state index contributed by atoms with van der Waals surface area (Å²) in [5.74, 6) is 0.486. The number of para-hydroxylation sites is 1. The van der Waals surface area contributed by atoms with Crippen LogP contribution in [0.1, 0.15) is 50.6 Å². The Kier molecular flexibility index (Phi) is 5.58. The summed E-state index contributed by atoms with van der Waals surface area (Å²) in [7, 11) is 1.71. The van der Waals surface area contributed by atoms with E-state index in [4.69, 9.17) is 4.42 Å². The van der Waals surface area contributed by atoms with E-state index in [1.807, 2.05) is 37.3 Å². The maximum absolute atomic E-state index is 13.1. The SMILES string of the molecule is Cc1c(C(=O)N(C)c2ccccc2)oc2c1/C(=N/NC(=O)c1ccc(O)cc1)CCC2. The predicted molar refractivity (Wildman–Crippen MR) is 118 cm³/mol. The average Bonchev–Trinajstić information content (AvgIpc) is 3.14. The summed E-state index contributed by atoms with van der Waals surface area (Å²) < 4.78 is 5.96. The third-order valence-corrected chi connectivity index (χ3v) is 5.39. The van der Waals surface area contributed by atoms with Crippen LogP contribution >= 0.6 is 0 Å². The van der Waals surface area contributed by atoms with E-state index < -0.39 is 0 Å². The fraction of sp³-hybridized carbons (Fsp3) is 0.208. The first-order valence-electron chi connectivity index (χ1n) is 10.1. The molecule has 1 aliphatic carbocycles. The first kappa shape index (κ1) is 20.4. The lowest BCUT2D eigenvalue weighted by Gasteiger charge is -2.16. The summed E-state index contributed by atoms with van der Waals surface area (Å²) in [6, 6.07) is 15.3. The summed E-state index contributed by atoms with van der Waals surface area (Å²) >= 11 is 0. The first-order chi connectivity index (χ1) is 15.0. The van der Waals surface area contributed by atoms with Crippen LogP contribution in [0, 0.1) is 6.92 Å². The summed E-state index contributed by atoms with van der Waals surface area (Å²) in [6.45, 7) is 1.84. The molecular formula is C24H23N3O4. The maximum atomic E-state index is 13.1. The number of nitrogens with zero attached hydrogens (tertiary/aromatic N) is 2. The summed E-state index contributed by atoms with van der Waals surface area (Å²) in [4.78, 5) is 27.0. The highest BCUT2D eigenvalue weighted by Gasteiger charge is 2.29. The van der Waals surface area contributed by atoms with Gasteiger partial charge in [-0.1, -0.05) is 18.2 Å². The van der Waals surface area contributed by atoms with E-state index in [2.05, 4.69) is 10.5 Å². The van der Waals surface area contributed by atoms with Gasteiger partial charge in [0.1, 0.15) is 11.5 Å². The van der Waals surface area contributed by atoms with Crippen LogP contribution in [-0.4, -0.2) is 29.7 Å². The van der Waals surface area contributed by atoms with Crippen molar-refractivity contribution in [3.05, 3.63) is 82.8 Å². The molecule has 7 nitrogen and oxygen atoms in total. The topological polar surface area (TPSA) is 95.1 Å². The normalized spacial score (nSPS) is 14.2. The lowest BCUT2D eigenvalue weighted by atomic mass is 9.93. The fourth-order valence-electron chi connectivity index (χ4n) is 3.70. The van der Waals surface area contributed by atoms with Gasteiger partial charge in [0, 0.05) is 35.8 Å². The molecule has 0 unspecified atom stereocenters. The molecule has 0 spiro atoms. The highest BCUT2D eigenvalue weighted by molar-refractivity contribution is 6.10. The van der Waals surface area contributed by atoms with Crippen LogP contribution in [0.2, 0.25) is 0 Å². The zero-order valence-electron chi connectivity index (χ0n) is 17.4. The van der Waals surface area contributed by atoms with Gasteiger partial charge < -0.3 is 14.4 Å². The lowest BCUT2D eigenvalue weighted by Crippen LogP contribution is -2.26. The standard InChI is InChI=1S/C24H23N3O4/c1-15-21-19(25-26-23(29)16-11-13-18(28)14-12-16)9-6-10-20(21)31-22(15)24(30)27(2)17-7-4-3-5-8-17/h3-5,7-8,11-14,28H,6,9-10H2,1-2H3,(H,26,29)/b25-19+. The molecule has 1 aliphatic rings. The molecule has 1 heterocycles. The molecule has 158 valence electrons. The van der Waals surface area contributed by atoms with Gasteiger partial charge in [0.15, 0.2) is 5.76 Å². The predicted octanol–water partition coefficient (Wildman–Crippen LogP) is 4.04. The van der Waals surface area contributed by atoms with Crippen molar-refractivity contribution in [1.29, 1.82) is 0 Å². The van der Waals surface area contributed by atoms with Crippen molar-refractivity contribution < 1.29 is 19.1 Å². The Labute approximate surface area is 180 Å². The lowest BCUT2D eigenvalue weighted by molar-refractivity contribution is 0.0950. The monoisotopic (exact) mass is 417 g/mol.